The molecule has 0 fully saturated rings. The molecule has 0 aliphatic carbocycles. The summed E-state index contributed by atoms with van der Waals surface area (Å²) in [5, 5.41) is 7.18. The fourth-order valence-corrected chi connectivity index (χ4v) is 3.04. The van der Waals surface area contributed by atoms with Crippen molar-refractivity contribution in [3.05, 3.63) is 51.0 Å². The van der Waals surface area contributed by atoms with E-state index in [2.05, 4.69) is 31.8 Å². The number of anilines is 1. The summed E-state index contributed by atoms with van der Waals surface area (Å²) in [7, 11) is 3.08. The zero-order chi connectivity index (χ0) is 21.4. The first-order valence-electron chi connectivity index (χ1n) is 8.63. The molecule has 9 heteroatoms. The molecule has 0 saturated carbocycles. The maximum Gasteiger partial charge on any atom is 0.240 e. The molecule has 0 spiro atoms. The van der Waals surface area contributed by atoms with Crippen molar-refractivity contribution in [2.75, 3.05) is 19.5 Å². The van der Waals surface area contributed by atoms with Crippen LogP contribution < -0.4 is 20.2 Å². The largest absolute Gasteiger partial charge is 0.496 e. The maximum absolute atomic E-state index is 12.0. The van der Waals surface area contributed by atoms with Crippen LogP contribution in [0.3, 0.4) is 0 Å². The third kappa shape index (κ3) is 6.76. The number of nitrogens with one attached hydrogen (secondary N) is 2. The number of benzene rings is 2. The number of rotatable bonds is 8. The van der Waals surface area contributed by atoms with Crippen LogP contribution in [0.5, 0.6) is 11.5 Å². The summed E-state index contributed by atoms with van der Waals surface area (Å²) in [6.07, 6.45) is 1.46. The van der Waals surface area contributed by atoms with E-state index < -0.39 is 0 Å². The predicted octanol–water partition coefficient (Wildman–Crippen LogP) is 4.30. The highest BCUT2D eigenvalue weighted by Gasteiger charge is 2.10. The summed E-state index contributed by atoms with van der Waals surface area (Å²) in [6.45, 7) is 1.87. The Morgan fingerprint density at radius 1 is 1.10 bits per heavy atom. The third-order valence-corrected chi connectivity index (χ3v) is 4.96. The molecule has 2 aromatic rings. The van der Waals surface area contributed by atoms with E-state index in [0.29, 0.717) is 27.8 Å². The van der Waals surface area contributed by atoms with Crippen molar-refractivity contribution in [3.63, 3.8) is 0 Å². The first-order chi connectivity index (χ1) is 13.8. The van der Waals surface area contributed by atoms with E-state index >= 15 is 0 Å². The summed E-state index contributed by atoms with van der Waals surface area (Å²) < 4.78 is 11.2. The van der Waals surface area contributed by atoms with Crippen molar-refractivity contribution < 1.29 is 19.1 Å². The molecule has 0 unspecified atom stereocenters. The third-order valence-electron chi connectivity index (χ3n) is 3.93. The summed E-state index contributed by atoms with van der Waals surface area (Å²) in [4.78, 5) is 23.9. The molecule has 154 valence electrons. The van der Waals surface area contributed by atoms with Crippen molar-refractivity contribution >= 4 is 51.2 Å². The van der Waals surface area contributed by atoms with Crippen molar-refractivity contribution in [2.24, 2.45) is 5.10 Å². The minimum absolute atomic E-state index is 0.00773. The van der Waals surface area contributed by atoms with E-state index in [9.17, 15) is 9.59 Å². The van der Waals surface area contributed by atoms with Crippen LogP contribution in [0.25, 0.3) is 0 Å². The number of halogens is 2. The number of nitrogens with zero attached hydrogens (tertiary/aromatic N) is 1. The Bertz CT molecular complexity index is 934. The monoisotopic (exact) mass is 481 g/mol. The summed E-state index contributed by atoms with van der Waals surface area (Å²) in [5.74, 6) is 0.484. The zero-order valence-electron chi connectivity index (χ0n) is 16.2. The highest BCUT2D eigenvalue weighted by Crippen LogP contribution is 2.31. The standard InChI is InChI=1S/C20H21BrClN3O4/c1-12-4-5-14(9-16(12)22)24-19(26)6-7-20(27)25-23-11-13-8-15(21)18(29-3)10-17(13)28-2/h4-5,8-11H,6-7H2,1-3H3,(H,24,26)(H,25,27). The molecule has 2 aromatic carbocycles. The minimum Gasteiger partial charge on any atom is -0.496 e. The van der Waals surface area contributed by atoms with Crippen LogP contribution in [0.1, 0.15) is 24.0 Å². The molecular formula is C20H21BrClN3O4. The number of hydrogen-bond acceptors (Lipinski definition) is 5. The first-order valence-corrected chi connectivity index (χ1v) is 9.80. The van der Waals surface area contributed by atoms with E-state index in [-0.39, 0.29) is 24.7 Å². The molecule has 29 heavy (non-hydrogen) atoms. The Morgan fingerprint density at radius 2 is 1.79 bits per heavy atom. The van der Waals surface area contributed by atoms with Gasteiger partial charge in [-0.1, -0.05) is 17.7 Å². The van der Waals surface area contributed by atoms with Gasteiger partial charge in [0.15, 0.2) is 0 Å². The molecule has 7 nitrogen and oxygen atoms in total. The van der Waals surface area contributed by atoms with Crippen LogP contribution in [0.4, 0.5) is 5.69 Å². The second-order valence-electron chi connectivity index (χ2n) is 6.03. The van der Waals surface area contributed by atoms with Gasteiger partial charge >= 0.3 is 0 Å². The Balaban J connectivity index is 1.85. The first kappa shape index (κ1) is 22.7. The number of hydrazone groups is 1. The molecule has 0 atom stereocenters. The van der Waals surface area contributed by atoms with E-state index in [1.54, 1.807) is 31.4 Å². The predicted molar refractivity (Wildman–Crippen MR) is 117 cm³/mol. The van der Waals surface area contributed by atoms with Gasteiger partial charge in [-0.15, -0.1) is 0 Å². The van der Waals surface area contributed by atoms with Gasteiger partial charge in [-0.3, -0.25) is 9.59 Å². The highest BCUT2D eigenvalue weighted by molar-refractivity contribution is 9.10. The van der Waals surface area contributed by atoms with E-state index in [4.69, 9.17) is 21.1 Å². The molecule has 0 saturated heterocycles. The lowest BCUT2D eigenvalue weighted by Crippen LogP contribution is -2.20. The van der Waals surface area contributed by atoms with Crippen molar-refractivity contribution in [1.29, 1.82) is 0 Å². The molecule has 0 bridgehead atoms. The fraction of sp³-hybridized carbons (Fsp3) is 0.250. The molecule has 0 aromatic heterocycles. The molecule has 2 amide bonds. The van der Waals surface area contributed by atoms with Crippen molar-refractivity contribution in [3.8, 4) is 11.5 Å². The summed E-state index contributed by atoms with van der Waals surface area (Å²) >= 11 is 9.42. The van der Waals surface area contributed by atoms with Gasteiger partial charge in [-0.2, -0.15) is 5.10 Å². The summed E-state index contributed by atoms with van der Waals surface area (Å²) in [5.41, 5.74) is 4.54. The topological polar surface area (TPSA) is 89.0 Å². The SMILES string of the molecule is COc1cc(OC)c(C=NNC(=O)CCC(=O)Nc2ccc(C)c(Cl)c2)cc1Br. The fourth-order valence-electron chi connectivity index (χ4n) is 2.34. The van der Waals surface area contributed by atoms with Gasteiger partial charge in [-0.05, 0) is 46.6 Å². The molecule has 2 rings (SSSR count). The zero-order valence-corrected chi connectivity index (χ0v) is 18.6. The number of aryl methyl sites for hydroxylation is 1. The van der Waals surface area contributed by atoms with Crippen LogP contribution >= 0.6 is 27.5 Å². The second-order valence-corrected chi connectivity index (χ2v) is 7.30. The van der Waals surface area contributed by atoms with Gasteiger partial charge in [0.05, 0.1) is 24.9 Å². The van der Waals surface area contributed by atoms with E-state index in [0.717, 1.165) is 10.0 Å². The maximum atomic E-state index is 12.0. The Hall–Kier alpha value is -2.58. The molecule has 0 radical (unpaired) electrons. The number of carbonyl (C=O) groups is 2. The van der Waals surface area contributed by atoms with Gasteiger partial charge in [0, 0.05) is 35.2 Å². The minimum atomic E-state index is -0.384. The van der Waals surface area contributed by atoms with Crippen LogP contribution in [0, 0.1) is 6.92 Å². The number of hydrogen-bond donors (Lipinski definition) is 2. The number of ether oxygens (including phenoxy) is 2. The Morgan fingerprint density at radius 3 is 2.45 bits per heavy atom. The lowest BCUT2D eigenvalue weighted by Gasteiger charge is -2.09. The van der Waals surface area contributed by atoms with Crippen LogP contribution in [-0.4, -0.2) is 32.2 Å². The molecule has 0 aliphatic rings. The van der Waals surface area contributed by atoms with E-state index in [1.807, 2.05) is 13.0 Å². The van der Waals surface area contributed by atoms with Gasteiger partial charge in [-0.25, -0.2) is 5.43 Å². The lowest BCUT2D eigenvalue weighted by molar-refractivity contribution is -0.124. The normalized spacial score (nSPS) is 10.7. The van der Waals surface area contributed by atoms with Crippen molar-refractivity contribution in [1.82, 2.24) is 5.43 Å². The van der Waals surface area contributed by atoms with Crippen LogP contribution in [0.2, 0.25) is 5.02 Å². The average molecular weight is 483 g/mol. The number of methoxy groups -OCH3 is 2. The van der Waals surface area contributed by atoms with Gasteiger partial charge in [0.2, 0.25) is 11.8 Å². The van der Waals surface area contributed by atoms with Gasteiger partial charge in [0.1, 0.15) is 11.5 Å². The Kier molecular flexibility index (Phi) is 8.48. The smallest absolute Gasteiger partial charge is 0.240 e. The molecule has 0 heterocycles. The second kappa shape index (κ2) is 10.8. The van der Waals surface area contributed by atoms with Crippen molar-refractivity contribution in [2.45, 2.75) is 19.8 Å². The van der Waals surface area contributed by atoms with Crippen LogP contribution in [-0.2, 0) is 9.59 Å². The van der Waals surface area contributed by atoms with Crippen LogP contribution in [0.15, 0.2) is 39.9 Å². The number of amides is 2. The highest BCUT2D eigenvalue weighted by atomic mass is 79.9. The van der Waals surface area contributed by atoms with Gasteiger partial charge in [0.25, 0.3) is 0 Å². The summed E-state index contributed by atoms with van der Waals surface area (Å²) in [6, 6.07) is 8.69. The number of carbonyl (C=O) groups excluding carboxylic acids is 2. The molecule has 2 N–H and O–H groups in total. The van der Waals surface area contributed by atoms with Gasteiger partial charge < -0.3 is 14.8 Å². The average Bonchev–Trinajstić information content (AvgIpc) is 2.69. The quantitative estimate of drug-likeness (QED) is 0.434. The lowest BCUT2D eigenvalue weighted by atomic mass is 10.2. The van der Waals surface area contributed by atoms with E-state index in [1.165, 1.54) is 13.3 Å². The Labute approximate surface area is 182 Å². The molecular weight excluding hydrogens is 462 g/mol. The molecule has 0 aliphatic heterocycles.